The molecule has 108 valence electrons. The van der Waals surface area contributed by atoms with Gasteiger partial charge in [-0.2, -0.15) is 0 Å². The van der Waals surface area contributed by atoms with Crippen molar-refractivity contribution in [3.8, 4) is 17.2 Å². The average molecular weight is 288 g/mol. The van der Waals surface area contributed by atoms with Gasteiger partial charge in [0.1, 0.15) is 25.6 Å². The monoisotopic (exact) mass is 287 g/mol. The predicted molar refractivity (Wildman–Crippen MR) is 78.0 cm³/mol. The van der Waals surface area contributed by atoms with Crippen molar-refractivity contribution >= 4 is 12.4 Å². The van der Waals surface area contributed by atoms with Crippen molar-refractivity contribution in [3.63, 3.8) is 0 Å². The molecule has 4 nitrogen and oxygen atoms in total. The Labute approximate surface area is 121 Å². The summed E-state index contributed by atoms with van der Waals surface area (Å²) in [6.45, 7) is 9.30. The summed E-state index contributed by atoms with van der Waals surface area (Å²) in [5.41, 5.74) is 0. The second kappa shape index (κ2) is 8.12. The van der Waals surface area contributed by atoms with Gasteiger partial charge in [0.15, 0.2) is 11.5 Å². The maximum atomic E-state index is 5.73. The van der Waals surface area contributed by atoms with Gasteiger partial charge in [-0.1, -0.05) is 13.8 Å². The molecular formula is C14H22ClNO3. The first-order chi connectivity index (χ1) is 8.83. The maximum absolute atomic E-state index is 5.73. The Hall–Kier alpha value is -1.13. The molecule has 0 spiro atoms. The van der Waals surface area contributed by atoms with E-state index in [0.717, 1.165) is 36.9 Å². The van der Waals surface area contributed by atoms with Crippen LogP contribution in [0.2, 0.25) is 0 Å². The summed E-state index contributed by atoms with van der Waals surface area (Å²) in [4.78, 5) is 2.33. The van der Waals surface area contributed by atoms with Crippen molar-refractivity contribution in [1.29, 1.82) is 0 Å². The van der Waals surface area contributed by atoms with Crippen LogP contribution in [0.25, 0.3) is 0 Å². The highest BCUT2D eigenvalue weighted by Crippen LogP contribution is 2.33. The zero-order valence-electron chi connectivity index (χ0n) is 11.6. The smallest absolute Gasteiger partial charge is 0.165 e. The molecule has 0 amide bonds. The third-order valence-electron chi connectivity index (χ3n) is 3.08. The number of benzene rings is 1. The lowest BCUT2D eigenvalue weighted by Gasteiger charge is -2.20. The summed E-state index contributed by atoms with van der Waals surface area (Å²) in [5.74, 6) is 2.42. The van der Waals surface area contributed by atoms with Gasteiger partial charge in [0, 0.05) is 12.6 Å². The van der Waals surface area contributed by atoms with Gasteiger partial charge in [-0.3, -0.25) is 0 Å². The van der Waals surface area contributed by atoms with E-state index in [9.17, 15) is 0 Å². The Morgan fingerprint density at radius 3 is 2.47 bits per heavy atom. The molecule has 5 heteroatoms. The third kappa shape index (κ3) is 4.48. The first kappa shape index (κ1) is 15.9. The van der Waals surface area contributed by atoms with Gasteiger partial charge in [0.05, 0.1) is 0 Å². The molecule has 0 radical (unpaired) electrons. The molecule has 0 bridgehead atoms. The molecule has 1 aliphatic heterocycles. The lowest BCUT2D eigenvalue weighted by Crippen LogP contribution is -2.27. The van der Waals surface area contributed by atoms with E-state index in [0.29, 0.717) is 19.8 Å². The predicted octanol–water partition coefficient (Wildman–Crippen LogP) is 2.60. The van der Waals surface area contributed by atoms with E-state index < -0.39 is 0 Å². The van der Waals surface area contributed by atoms with Gasteiger partial charge in [0.2, 0.25) is 0 Å². The zero-order chi connectivity index (χ0) is 12.8. The van der Waals surface area contributed by atoms with Gasteiger partial charge in [-0.25, -0.2) is 0 Å². The van der Waals surface area contributed by atoms with Gasteiger partial charge < -0.3 is 19.1 Å². The Morgan fingerprint density at radius 1 is 1.11 bits per heavy atom. The van der Waals surface area contributed by atoms with Crippen molar-refractivity contribution in [1.82, 2.24) is 4.90 Å². The first-order valence-corrected chi connectivity index (χ1v) is 6.58. The maximum Gasteiger partial charge on any atom is 0.165 e. The van der Waals surface area contributed by atoms with Gasteiger partial charge in [0.25, 0.3) is 0 Å². The zero-order valence-corrected chi connectivity index (χ0v) is 12.4. The number of hydrogen-bond donors (Lipinski definition) is 0. The topological polar surface area (TPSA) is 30.9 Å². The van der Waals surface area contributed by atoms with E-state index in [1.54, 1.807) is 0 Å². The summed E-state index contributed by atoms with van der Waals surface area (Å²) in [7, 11) is 0. The van der Waals surface area contributed by atoms with E-state index >= 15 is 0 Å². The third-order valence-corrected chi connectivity index (χ3v) is 3.08. The largest absolute Gasteiger partial charge is 0.492 e. The lowest BCUT2D eigenvalue weighted by molar-refractivity contribution is 0.169. The highest BCUT2D eigenvalue weighted by Gasteiger charge is 2.12. The summed E-state index contributed by atoms with van der Waals surface area (Å²) in [6.07, 6.45) is 0. The minimum Gasteiger partial charge on any atom is -0.492 e. The van der Waals surface area contributed by atoms with Crippen LogP contribution in [0.15, 0.2) is 18.2 Å². The number of nitrogens with zero attached hydrogens (tertiary/aromatic N) is 1. The molecule has 19 heavy (non-hydrogen) atoms. The fourth-order valence-electron chi connectivity index (χ4n) is 1.95. The van der Waals surface area contributed by atoms with E-state index in [2.05, 4.69) is 18.7 Å². The van der Waals surface area contributed by atoms with Crippen LogP contribution >= 0.6 is 12.4 Å². The molecule has 0 atom stereocenters. The van der Waals surface area contributed by atoms with Crippen molar-refractivity contribution in [2.45, 2.75) is 13.8 Å². The number of fused-ring (bicyclic) bond motifs is 1. The highest BCUT2D eigenvalue weighted by molar-refractivity contribution is 5.85. The minimum absolute atomic E-state index is 0. The van der Waals surface area contributed by atoms with Crippen LogP contribution in [-0.2, 0) is 0 Å². The molecule has 0 fully saturated rings. The van der Waals surface area contributed by atoms with Gasteiger partial charge >= 0.3 is 0 Å². The summed E-state index contributed by atoms with van der Waals surface area (Å²) in [6, 6.07) is 5.73. The average Bonchev–Trinajstić information content (AvgIpc) is 2.43. The van der Waals surface area contributed by atoms with Gasteiger partial charge in [-0.15, -0.1) is 12.4 Å². The molecular weight excluding hydrogens is 266 g/mol. The highest BCUT2D eigenvalue weighted by atomic mass is 35.5. The molecule has 1 aromatic rings. The molecule has 0 unspecified atom stereocenters. The van der Waals surface area contributed by atoms with Crippen molar-refractivity contribution in [3.05, 3.63) is 18.2 Å². The molecule has 0 saturated carbocycles. The summed E-state index contributed by atoms with van der Waals surface area (Å²) < 4.78 is 16.7. The quantitative estimate of drug-likeness (QED) is 0.805. The summed E-state index contributed by atoms with van der Waals surface area (Å²) >= 11 is 0. The second-order valence-corrected chi connectivity index (χ2v) is 4.18. The Morgan fingerprint density at radius 2 is 1.79 bits per heavy atom. The first-order valence-electron chi connectivity index (χ1n) is 6.58. The van der Waals surface area contributed by atoms with Crippen LogP contribution in [0.1, 0.15) is 13.8 Å². The SMILES string of the molecule is CCN(CC)CCOc1ccc2c(c1)OCCO2.Cl. The van der Waals surface area contributed by atoms with Crippen molar-refractivity contribution in [2.24, 2.45) is 0 Å². The standard InChI is InChI=1S/C14H21NO3.ClH/c1-3-15(4-2)7-8-16-12-5-6-13-14(11-12)18-10-9-17-13;/h5-6,11H,3-4,7-10H2,1-2H3;1H. The van der Waals surface area contributed by atoms with Crippen LogP contribution in [0, 0.1) is 0 Å². The Kier molecular flexibility index (Phi) is 6.81. The summed E-state index contributed by atoms with van der Waals surface area (Å²) in [5, 5.41) is 0. The molecule has 0 saturated heterocycles. The minimum atomic E-state index is 0. The van der Waals surface area contributed by atoms with Gasteiger partial charge in [-0.05, 0) is 25.2 Å². The normalized spacial score (nSPS) is 13.0. The molecule has 0 aliphatic carbocycles. The van der Waals surface area contributed by atoms with Crippen LogP contribution in [-0.4, -0.2) is 44.4 Å². The van der Waals surface area contributed by atoms with E-state index in [1.165, 1.54) is 0 Å². The molecule has 2 rings (SSSR count). The number of ether oxygens (including phenoxy) is 3. The van der Waals surface area contributed by atoms with Crippen LogP contribution in [0.3, 0.4) is 0 Å². The molecule has 1 aliphatic rings. The van der Waals surface area contributed by atoms with Crippen molar-refractivity contribution < 1.29 is 14.2 Å². The number of halogens is 1. The number of likely N-dealkylation sites (N-methyl/N-ethyl adjacent to an activating group) is 1. The number of hydrogen-bond acceptors (Lipinski definition) is 4. The van der Waals surface area contributed by atoms with E-state index in [4.69, 9.17) is 14.2 Å². The Bertz CT molecular complexity index is 383. The fourth-order valence-corrected chi connectivity index (χ4v) is 1.95. The molecule has 1 heterocycles. The Balaban J connectivity index is 0.00000180. The molecule has 0 aromatic heterocycles. The van der Waals surface area contributed by atoms with Crippen LogP contribution in [0.5, 0.6) is 17.2 Å². The van der Waals surface area contributed by atoms with Crippen LogP contribution in [0.4, 0.5) is 0 Å². The molecule has 1 aromatic carbocycles. The van der Waals surface area contributed by atoms with E-state index in [-0.39, 0.29) is 12.4 Å². The lowest BCUT2D eigenvalue weighted by atomic mass is 10.3. The molecule has 0 N–H and O–H groups in total. The van der Waals surface area contributed by atoms with E-state index in [1.807, 2.05) is 18.2 Å². The number of rotatable bonds is 6. The second-order valence-electron chi connectivity index (χ2n) is 4.18. The van der Waals surface area contributed by atoms with Crippen molar-refractivity contribution in [2.75, 3.05) is 39.5 Å². The van der Waals surface area contributed by atoms with Crippen LogP contribution < -0.4 is 14.2 Å². The fraction of sp³-hybridized carbons (Fsp3) is 0.571.